The highest BCUT2D eigenvalue weighted by Gasteiger charge is 2.41. The average molecular weight is 448 g/mol. The molecule has 0 atom stereocenters. The van der Waals surface area contributed by atoms with Crippen molar-refractivity contribution in [2.45, 2.75) is 50.1 Å². The van der Waals surface area contributed by atoms with Crippen LogP contribution in [0.4, 0.5) is 19.1 Å². The van der Waals surface area contributed by atoms with Gasteiger partial charge in [0.05, 0.1) is 20.8 Å². The molecule has 0 amide bonds. The Kier molecular flexibility index (Phi) is 5.28. The molecule has 0 aromatic carbocycles. The van der Waals surface area contributed by atoms with E-state index in [0.717, 1.165) is 30.4 Å². The van der Waals surface area contributed by atoms with E-state index in [0.29, 0.717) is 35.8 Å². The number of anilines is 1. The molecule has 2 aliphatic rings. The third-order valence-corrected chi connectivity index (χ3v) is 8.36. The zero-order valence-corrected chi connectivity index (χ0v) is 17.2. The van der Waals surface area contributed by atoms with E-state index in [2.05, 4.69) is 20.3 Å². The van der Waals surface area contributed by atoms with E-state index in [9.17, 15) is 21.6 Å². The summed E-state index contributed by atoms with van der Waals surface area (Å²) in [5.74, 6) is 0.0996. The third kappa shape index (κ3) is 4.38. The van der Waals surface area contributed by atoms with Gasteiger partial charge in [0.25, 0.3) is 0 Å². The van der Waals surface area contributed by atoms with Crippen LogP contribution in [0.15, 0.2) is 12.4 Å². The molecule has 0 radical (unpaired) electrons. The number of piperidine rings is 1. The zero-order chi connectivity index (χ0) is 20.8. The number of aryl methyl sites for hydroxylation is 1. The van der Waals surface area contributed by atoms with E-state index < -0.39 is 21.8 Å². The summed E-state index contributed by atoms with van der Waals surface area (Å²) < 4.78 is 66.3. The minimum atomic E-state index is -4.58. The summed E-state index contributed by atoms with van der Waals surface area (Å²) >= 11 is 1.13. The lowest BCUT2D eigenvalue weighted by Gasteiger charge is -2.31. The van der Waals surface area contributed by atoms with Gasteiger partial charge in [-0.15, -0.1) is 11.3 Å². The van der Waals surface area contributed by atoms with Crippen LogP contribution in [0.2, 0.25) is 0 Å². The van der Waals surface area contributed by atoms with Crippen molar-refractivity contribution in [1.82, 2.24) is 19.3 Å². The van der Waals surface area contributed by atoms with Crippen LogP contribution in [0.5, 0.6) is 0 Å². The van der Waals surface area contributed by atoms with Crippen molar-refractivity contribution in [2.24, 2.45) is 0 Å². The van der Waals surface area contributed by atoms with Gasteiger partial charge < -0.3 is 5.32 Å². The SMILES string of the molecule is Cc1ncc(-c2nc(NC3CCN(S(=O)(=O)C4CC4)CC3)ncc2C(F)(F)F)s1. The van der Waals surface area contributed by atoms with Crippen LogP contribution < -0.4 is 5.32 Å². The summed E-state index contributed by atoms with van der Waals surface area (Å²) in [5, 5.41) is 3.47. The lowest BCUT2D eigenvalue weighted by atomic mass is 10.1. The first-order chi connectivity index (χ1) is 13.6. The van der Waals surface area contributed by atoms with Gasteiger partial charge in [0.1, 0.15) is 5.56 Å². The summed E-state index contributed by atoms with van der Waals surface area (Å²) in [4.78, 5) is 12.3. The van der Waals surface area contributed by atoms with E-state index in [4.69, 9.17) is 0 Å². The molecular weight excluding hydrogens is 427 g/mol. The normalized spacial score (nSPS) is 19.4. The molecular formula is C17H20F3N5O2S2. The molecule has 2 aromatic heterocycles. The predicted molar refractivity (Wildman–Crippen MR) is 103 cm³/mol. The average Bonchev–Trinajstić information content (AvgIpc) is 3.43. The second-order valence-electron chi connectivity index (χ2n) is 7.26. The lowest BCUT2D eigenvalue weighted by molar-refractivity contribution is -0.137. The number of aromatic nitrogens is 3. The maximum Gasteiger partial charge on any atom is 0.420 e. The number of alkyl halides is 3. The number of halogens is 3. The molecule has 3 heterocycles. The Labute approximate surface area is 170 Å². The maximum atomic E-state index is 13.4. The zero-order valence-electron chi connectivity index (χ0n) is 15.6. The van der Waals surface area contributed by atoms with Crippen LogP contribution in [0, 0.1) is 6.92 Å². The number of thiazole rings is 1. The summed E-state index contributed by atoms with van der Waals surface area (Å²) in [7, 11) is -3.20. The number of sulfonamides is 1. The molecule has 1 aliphatic carbocycles. The van der Waals surface area contributed by atoms with Gasteiger partial charge in [-0.25, -0.2) is 27.7 Å². The Morgan fingerprint density at radius 1 is 1.14 bits per heavy atom. The summed E-state index contributed by atoms with van der Waals surface area (Å²) in [6, 6.07) is -0.103. The van der Waals surface area contributed by atoms with Crippen LogP contribution in [0.1, 0.15) is 36.3 Å². The monoisotopic (exact) mass is 447 g/mol. The molecule has 12 heteroatoms. The molecule has 2 fully saturated rings. The van der Waals surface area contributed by atoms with E-state index in [1.165, 1.54) is 10.5 Å². The molecule has 158 valence electrons. The van der Waals surface area contributed by atoms with Crippen LogP contribution in [-0.2, 0) is 16.2 Å². The molecule has 29 heavy (non-hydrogen) atoms. The molecule has 0 unspecified atom stereocenters. The highest BCUT2D eigenvalue weighted by molar-refractivity contribution is 7.90. The number of hydrogen-bond acceptors (Lipinski definition) is 7. The van der Waals surface area contributed by atoms with E-state index in [1.54, 1.807) is 6.92 Å². The quantitative estimate of drug-likeness (QED) is 0.757. The number of hydrogen-bond donors (Lipinski definition) is 1. The predicted octanol–water partition coefficient (Wildman–Crippen LogP) is 3.30. The standard InChI is InChI=1S/C17H20F3N5O2S2/c1-10-21-9-14(28-10)15-13(17(18,19)20)8-22-16(24-15)23-11-4-6-25(7-5-11)29(26,27)12-2-3-12/h8-9,11-12H,2-7H2,1H3,(H,22,23,24). The molecule has 2 aromatic rings. The van der Waals surface area contributed by atoms with Gasteiger partial charge >= 0.3 is 6.18 Å². The Balaban J connectivity index is 1.50. The molecule has 7 nitrogen and oxygen atoms in total. The molecule has 1 saturated heterocycles. The molecule has 0 bridgehead atoms. The van der Waals surface area contributed by atoms with Crippen LogP contribution in [0.3, 0.4) is 0 Å². The Bertz CT molecular complexity index is 997. The Morgan fingerprint density at radius 2 is 1.83 bits per heavy atom. The van der Waals surface area contributed by atoms with Crippen molar-refractivity contribution >= 4 is 27.3 Å². The molecule has 4 rings (SSSR count). The molecule has 1 N–H and O–H groups in total. The second-order valence-corrected chi connectivity index (χ2v) is 10.7. The van der Waals surface area contributed by atoms with Gasteiger partial charge in [0.2, 0.25) is 16.0 Å². The first-order valence-corrected chi connectivity index (χ1v) is 11.6. The topological polar surface area (TPSA) is 88.1 Å². The first-order valence-electron chi connectivity index (χ1n) is 9.27. The Morgan fingerprint density at radius 3 is 2.38 bits per heavy atom. The maximum absolute atomic E-state index is 13.4. The minimum absolute atomic E-state index is 0.0996. The van der Waals surface area contributed by atoms with Gasteiger partial charge in [0, 0.05) is 31.5 Å². The van der Waals surface area contributed by atoms with Crippen molar-refractivity contribution in [3.63, 3.8) is 0 Å². The van der Waals surface area contributed by atoms with Crippen LogP contribution in [0.25, 0.3) is 10.6 Å². The Hall–Kier alpha value is -1.79. The molecule has 1 aliphatic heterocycles. The van der Waals surface area contributed by atoms with Gasteiger partial charge in [-0.1, -0.05) is 0 Å². The highest BCUT2D eigenvalue weighted by atomic mass is 32.2. The van der Waals surface area contributed by atoms with E-state index >= 15 is 0 Å². The second kappa shape index (κ2) is 7.47. The summed E-state index contributed by atoms with van der Waals surface area (Å²) in [6.07, 6.45) is 0.124. The third-order valence-electron chi connectivity index (χ3n) is 5.04. The lowest BCUT2D eigenvalue weighted by Crippen LogP contribution is -2.43. The fraction of sp³-hybridized carbons (Fsp3) is 0.588. The highest BCUT2D eigenvalue weighted by Crippen LogP contribution is 2.38. The van der Waals surface area contributed by atoms with E-state index in [1.807, 2.05) is 0 Å². The van der Waals surface area contributed by atoms with Crippen molar-refractivity contribution in [3.8, 4) is 10.6 Å². The molecule has 0 spiro atoms. The fourth-order valence-electron chi connectivity index (χ4n) is 3.33. The van der Waals surface area contributed by atoms with Gasteiger partial charge in [-0.05, 0) is 32.6 Å². The number of nitrogens with one attached hydrogen (secondary N) is 1. The van der Waals surface area contributed by atoms with Gasteiger partial charge in [-0.3, -0.25) is 0 Å². The minimum Gasteiger partial charge on any atom is -0.351 e. The van der Waals surface area contributed by atoms with Crippen molar-refractivity contribution in [3.05, 3.63) is 23.0 Å². The van der Waals surface area contributed by atoms with Gasteiger partial charge in [-0.2, -0.15) is 13.2 Å². The number of nitrogens with zero attached hydrogens (tertiary/aromatic N) is 4. The van der Waals surface area contributed by atoms with Crippen LogP contribution in [-0.4, -0.2) is 52.1 Å². The largest absolute Gasteiger partial charge is 0.420 e. The van der Waals surface area contributed by atoms with Crippen molar-refractivity contribution in [2.75, 3.05) is 18.4 Å². The van der Waals surface area contributed by atoms with Crippen molar-refractivity contribution in [1.29, 1.82) is 0 Å². The number of rotatable bonds is 5. The molecule has 1 saturated carbocycles. The van der Waals surface area contributed by atoms with Crippen LogP contribution >= 0.6 is 11.3 Å². The summed E-state index contributed by atoms with van der Waals surface area (Å²) in [5.41, 5.74) is -1.11. The van der Waals surface area contributed by atoms with E-state index in [-0.39, 0.29) is 22.9 Å². The summed E-state index contributed by atoms with van der Waals surface area (Å²) in [6.45, 7) is 2.49. The smallest absolute Gasteiger partial charge is 0.351 e. The van der Waals surface area contributed by atoms with Crippen molar-refractivity contribution < 1.29 is 21.6 Å². The first kappa shape index (κ1) is 20.5. The fourth-order valence-corrected chi connectivity index (χ4v) is 5.99. The van der Waals surface area contributed by atoms with Gasteiger partial charge in [0.15, 0.2) is 0 Å².